The zero-order valence-corrected chi connectivity index (χ0v) is 20.9. The van der Waals surface area contributed by atoms with E-state index in [9.17, 15) is 22.0 Å². The van der Waals surface area contributed by atoms with Crippen molar-refractivity contribution in [3.05, 3.63) is 71.1 Å². The van der Waals surface area contributed by atoms with Gasteiger partial charge in [0, 0.05) is 30.6 Å². The van der Waals surface area contributed by atoms with Crippen LogP contribution in [0.4, 0.5) is 14.5 Å². The van der Waals surface area contributed by atoms with E-state index >= 15 is 0 Å². The van der Waals surface area contributed by atoms with E-state index in [4.69, 9.17) is 9.26 Å². The predicted molar refractivity (Wildman–Crippen MR) is 132 cm³/mol. The molecule has 1 amide bonds. The van der Waals surface area contributed by atoms with Crippen molar-refractivity contribution in [3.63, 3.8) is 0 Å². The topological polar surface area (TPSA) is 93.0 Å². The second-order valence-electron chi connectivity index (χ2n) is 8.94. The molecular formula is C26H25F2N3O5S. The van der Waals surface area contributed by atoms with Gasteiger partial charge in [0.1, 0.15) is 29.7 Å². The Balaban J connectivity index is 1.31. The van der Waals surface area contributed by atoms with Crippen LogP contribution >= 0.6 is 0 Å². The van der Waals surface area contributed by atoms with Gasteiger partial charge < -0.3 is 14.2 Å². The molecule has 1 aromatic heterocycles. The third-order valence-corrected chi connectivity index (χ3v) is 8.66. The molecule has 2 aromatic carbocycles. The Hall–Kier alpha value is -3.57. The number of fused-ring (bicyclic) bond motifs is 1. The molecule has 0 saturated carbocycles. The molecule has 0 N–H and O–H groups in total. The van der Waals surface area contributed by atoms with Gasteiger partial charge in [0.2, 0.25) is 15.9 Å². The van der Waals surface area contributed by atoms with Gasteiger partial charge in [-0.15, -0.1) is 0 Å². The fourth-order valence-corrected chi connectivity index (χ4v) is 6.41. The van der Waals surface area contributed by atoms with Crippen LogP contribution in [0.3, 0.4) is 0 Å². The van der Waals surface area contributed by atoms with Gasteiger partial charge in [0.05, 0.1) is 12.2 Å². The number of carbonyl (C=O) groups is 1. The highest BCUT2D eigenvalue weighted by Crippen LogP contribution is 2.34. The number of hydrogen-bond donors (Lipinski definition) is 0. The van der Waals surface area contributed by atoms with E-state index in [1.54, 1.807) is 4.90 Å². The lowest BCUT2D eigenvalue weighted by molar-refractivity contribution is -0.123. The van der Waals surface area contributed by atoms with E-state index in [1.807, 2.05) is 24.3 Å². The molecule has 2 aliphatic rings. The summed E-state index contributed by atoms with van der Waals surface area (Å²) in [6, 6.07) is 10.4. The summed E-state index contributed by atoms with van der Waals surface area (Å²) in [5.41, 5.74) is 0.966. The minimum atomic E-state index is -4.00. The van der Waals surface area contributed by atoms with Crippen LogP contribution in [0.5, 0.6) is 5.75 Å². The Morgan fingerprint density at radius 1 is 1.08 bits per heavy atom. The monoisotopic (exact) mass is 529 g/mol. The molecule has 194 valence electrons. The number of benzene rings is 2. The fourth-order valence-electron chi connectivity index (χ4n) is 4.69. The number of aryl methyl sites for hydroxylation is 1. The zero-order chi connectivity index (χ0) is 26.2. The molecule has 0 spiro atoms. The summed E-state index contributed by atoms with van der Waals surface area (Å²) < 4.78 is 66.4. The molecule has 0 aliphatic carbocycles. The Kier molecular flexibility index (Phi) is 6.82. The molecule has 3 heterocycles. The molecule has 0 bridgehead atoms. The number of aromatic nitrogens is 1. The highest BCUT2D eigenvalue weighted by Gasteiger charge is 2.38. The molecule has 0 radical (unpaired) electrons. The second kappa shape index (κ2) is 10.1. The van der Waals surface area contributed by atoms with Crippen LogP contribution in [0.25, 0.3) is 12.2 Å². The summed E-state index contributed by atoms with van der Waals surface area (Å²) in [5, 5.41) is 3.79. The summed E-state index contributed by atoms with van der Waals surface area (Å²) in [6.07, 6.45) is 3.34. The first-order valence-electron chi connectivity index (χ1n) is 11.9. The molecule has 2 aliphatic heterocycles. The maximum absolute atomic E-state index is 14.0. The predicted octanol–water partition coefficient (Wildman–Crippen LogP) is 4.26. The van der Waals surface area contributed by atoms with E-state index < -0.39 is 21.7 Å². The van der Waals surface area contributed by atoms with E-state index in [0.29, 0.717) is 31.7 Å². The summed E-state index contributed by atoms with van der Waals surface area (Å²) >= 11 is 0. The van der Waals surface area contributed by atoms with Crippen molar-refractivity contribution < 1.29 is 31.3 Å². The van der Waals surface area contributed by atoms with Crippen molar-refractivity contribution in [3.8, 4) is 5.75 Å². The van der Waals surface area contributed by atoms with Crippen LogP contribution in [0.2, 0.25) is 0 Å². The van der Waals surface area contributed by atoms with Gasteiger partial charge in [-0.3, -0.25) is 4.79 Å². The minimum absolute atomic E-state index is 0.0427. The molecule has 8 nitrogen and oxygen atoms in total. The Labute approximate surface area is 213 Å². The summed E-state index contributed by atoms with van der Waals surface area (Å²) in [5.74, 6) is -1.25. The van der Waals surface area contributed by atoms with Gasteiger partial charge in [-0.1, -0.05) is 17.3 Å². The SMILES string of the molecule is Cc1noc(C=Cc2ccc(F)cc2F)c1S(=O)(=O)N1CCC(C(=O)N2CCOc3ccccc32)CC1. The molecule has 11 heteroatoms. The Morgan fingerprint density at radius 3 is 2.59 bits per heavy atom. The first-order chi connectivity index (χ1) is 17.8. The number of para-hydroxylation sites is 2. The van der Waals surface area contributed by atoms with Crippen molar-refractivity contribution in [2.75, 3.05) is 31.1 Å². The number of ether oxygens (including phenoxy) is 1. The van der Waals surface area contributed by atoms with Gasteiger partial charge in [-0.25, -0.2) is 17.2 Å². The summed E-state index contributed by atoms with van der Waals surface area (Å²) in [7, 11) is -4.00. The Morgan fingerprint density at radius 2 is 1.84 bits per heavy atom. The average Bonchev–Trinajstić information content (AvgIpc) is 3.28. The van der Waals surface area contributed by atoms with Gasteiger partial charge in [0.15, 0.2) is 10.7 Å². The Bertz CT molecular complexity index is 1460. The molecule has 1 saturated heterocycles. The van der Waals surface area contributed by atoms with Crippen LogP contribution in [0, 0.1) is 24.5 Å². The number of carbonyl (C=O) groups excluding carboxylic acids is 1. The third kappa shape index (κ3) is 4.88. The molecule has 37 heavy (non-hydrogen) atoms. The fraction of sp³-hybridized carbons (Fsp3) is 0.308. The first kappa shape index (κ1) is 25.1. The van der Waals surface area contributed by atoms with E-state index in [2.05, 4.69) is 5.16 Å². The number of nitrogens with zero attached hydrogens (tertiary/aromatic N) is 3. The quantitative estimate of drug-likeness (QED) is 0.491. The zero-order valence-electron chi connectivity index (χ0n) is 20.1. The lowest BCUT2D eigenvalue weighted by atomic mass is 9.96. The van der Waals surface area contributed by atoms with Crippen LogP contribution < -0.4 is 9.64 Å². The molecule has 5 rings (SSSR count). The summed E-state index contributed by atoms with van der Waals surface area (Å²) in [4.78, 5) is 14.9. The standard InChI is InChI=1S/C26H25F2N3O5S/c1-17-25(24(36-29-17)9-7-18-6-8-20(27)16-21(18)28)37(33,34)30-12-10-19(11-13-30)26(32)31-14-15-35-23-5-3-2-4-22(23)31/h2-9,16,19H,10-15H2,1H3. The number of piperidine rings is 1. The number of amides is 1. The maximum Gasteiger partial charge on any atom is 0.248 e. The van der Waals surface area contributed by atoms with Crippen molar-refractivity contribution in [2.24, 2.45) is 5.92 Å². The van der Waals surface area contributed by atoms with Gasteiger partial charge in [-0.2, -0.15) is 4.31 Å². The number of sulfonamides is 1. The first-order valence-corrected chi connectivity index (χ1v) is 13.3. The molecule has 1 fully saturated rings. The molecule has 3 aromatic rings. The van der Waals surface area contributed by atoms with Gasteiger partial charge in [0.25, 0.3) is 0 Å². The third-order valence-electron chi connectivity index (χ3n) is 6.61. The van der Waals surface area contributed by atoms with Crippen LogP contribution in [-0.4, -0.2) is 50.0 Å². The van der Waals surface area contributed by atoms with Crippen LogP contribution in [0.15, 0.2) is 51.9 Å². The smallest absolute Gasteiger partial charge is 0.248 e. The minimum Gasteiger partial charge on any atom is -0.490 e. The number of halogens is 2. The lowest BCUT2D eigenvalue weighted by Crippen LogP contribution is -2.46. The van der Waals surface area contributed by atoms with Gasteiger partial charge in [-0.05, 0) is 56.2 Å². The lowest BCUT2D eigenvalue weighted by Gasteiger charge is -2.35. The largest absolute Gasteiger partial charge is 0.490 e. The van der Waals surface area contributed by atoms with E-state index in [0.717, 1.165) is 17.8 Å². The highest BCUT2D eigenvalue weighted by molar-refractivity contribution is 7.89. The highest BCUT2D eigenvalue weighted by atomic mass is 32.2. The number of hydrogen-bond acceptors (Lipinski definition) is 6. The van der Waals surface area contributed by atoms with E-state index in [1.165, 1.54) is 29.4 Å². The second-order valence-corrected chi connectivity index (χ2v) is 10.8. The van der Waals surface area contributed by atoms with E-state index in [-0.39, 0.29) is 46.8 Å². The number of anilines is 1. The average molecular weight is 530 g/mol. The van der Waals surface area contributed by atoms with Crippen molar-refractivity contribution >= 4 is 33.8 Å². The van der Waals surface area contributed by atoms with Crippen molar-refractivity contribution in [1.29, 1.82) is 0 Å². The van der Waals surface area contributed by atoms with Crippen LogP contribution in [0.1, 0.15) is 29.9 Å². The summed E-state index contributed by atoms with van der Waals surface area (Å²) in [6.45, 7) is 2.67. The molecule has 0 unspecified atom stereocenters. The van der Waals surface area contributed by atoms with Crippen molar-refractivity contribution in [2.45, 2.75) is 24.7 Å². The van der Waals surface area contributed by atoms with Crippen molar-refractivity contribution in [1.82, 2.24) is 9.46 Å². The molecular weight excluding hydrogens is 504 g/mol. The maximum atomic E-state index is 14.0. The molecule has 0 atom stereocenters. The normalized spacial score (nSPS) is 17.1. The van der Waals surface area contributed by atoms with Crippen LogP contribution in [-0.2, 0) is 14.8 Å². The number of rotatable bonds is 5. The van der Waals surface area contributed by atoms with Gasteiger partial charge >= 0.3 is 0 Å².